The van der Waals surface area contributed by atoms with Crippen molar-refractivity contribution < 1.29 is 9.47 Å². The monoisotopic (exact) mass is 264 g/mol. The molecule has 0 radical (unpaired) electrons. The molecule has 0 atom stereocenters. The van der Waals surface area contributed by atoms with Crippen molar-refractivity contribution in [1.29, 1.82) is 0 Å². The van der Waals surface area contributed by atoms with E-state index in [1.54, 1.807) is 7.11 Å². The molecule has 0 amide bonds. The van der Waals surface area contributed by atoms with Crippen LogP contribution in [-0.2, 0) is 10.6 Å². The molecule has 0 aliphatic carbocycles. The van der Waals surface area contributed by atoms with Gasteiger partial charge < -0.3 is 9.47 Å². The fourth-order valence-electron chi connectivity index (χ4n) is 0.896. The molecule has 0 spiro atoms. The average Bonchev–Trinajstić information content (AvgIpc) is 2.15. The molecule has 0 fully saturated rings. The lowest BCUT2D eigenvalue weighted by atomic mass is 10.2. The van der Waals surface area contributed by atoms with Crippen molar-refractivity contribution in [1.82, 2.24) is 0 Å². The van der Waals surface area contributed by atoms with Gasteiger partial charge in [0, 0.05) is 17.1 Å². The zero-order valence-corrected chi connectivity index (χ0v) is 9.56. The molecule has 0 aliphatic rings. The molecule has 0 N–H and O–H groups in total. The molecular weight excluding hydrogens is 255 g/mol. The van der Waals surface area contributed by atoms with Gasteiger partial charge in [-0.2, -0.15) is 0 Å². The lowest BCUT2D eigenvalue weighted by molar-refractivity contribution is 0.0505. The van der Waals surface area contributed by atoms with Crippen LogP contribution in [0.3, 0.4) is 0 Å². The number of alkyl halides is 1. The van der Waals surface area contributed by atoms with Gasteiger partial charge >= 0.3 is 0 Å². The van der Waals surface area contributed by atoms with Gasteiger partial charge in [0.15, 0.2) is 6.79 Å². The minimum Gasteiger partial charge on any atom is -0.467 e. The normalized spacial score (nSPS) is 10.1. The molecule has 1 rings (SSSR count). The Morgan fingerprint density at radius 1 is 1.46 bits per heavy atom. The van der Waals surface area contributed by atoms with Gasteiger partial charge in [-0.3, -0.25) is 0 Å². The van der Waals surface area contributed by atoms with Crippen molar-refractivity contribution in [3.05, 3.63) is 28.2 Å². The summed E-state index contributed by atoms with van der Waals surface area (Å²) < 4.78 is 11.1. The van der Waals surface area contributed by atoms with Crippen molar-refractivity contribution in [3.63, 3.8) is 0 Å². The van der Waals surface area contributed by atoms with Gasteiger partial charge in [0.25, 0.3) is 0 Å². The number of methoxy groups -OCH3 is 1. The highest BCUT2D eigenvalue weighted by Crippen LogP contribution is 2.24. The van der Waals surface area contributed by atoms with Crippen LogP contribution in [0.25, 0.3) is 0 Å². The van der Waals surface area contributed by atoms with Crippen molar-refractivity contribution in [2.75, 3.05) is 13.9 Å². The fraction of sp³-hybridized carbons (Fsp3) is 0.333. The Morgan fingerprint density at radius 2 is 2.23 bits per heavy atom. The van der Waals surface area contributed by atoms with E-state index in [0.717, 1.165) is 15.8 Å². The molecule has 0 saturated heterocycles. The maximum absolute atomic E-state index is 5.73. The predicted molar refractivity (Wildman–Crippen MR) is 56.2 cm³/mol. The van der Waals surface area contributed by atoms with Gasteiger partial charge in [-0.15, -0.1) is 11.6 Å². The second kappa shape index (κ2) is 5.47. The van der Waals surface area contributed by atoms with Crippen molar-refractivity contribution in [3.8, 4) is 5.75 Å². The van der Waals surface area contributed by atoms with Gasteiger partial charge in [0.2, 0.25) is 0 Å². The van der Waals surface area contributed by atoms with E-state index >= 15 is 0 Å². The SMILES string of the molecule is COCOc1cc(Br)ccc1CCl. The third-order valence-corrected chi connectivity index (χ3v) is 2.29. The molecule has 4 heteroatoms. The first-order chi connectivity index (χ1) is 6.27. The first kappa shape index (κ1) is 10.8. The summed E-state index contributed by atoms with van der Waals surface area (Å²) in [6, 6.07) is 5.72. The van der Waals surface area contributed by atoms with Gasteiger partial charge in [-0.25, -0.2) is 0 Å². The highest BCUT2D eigenvalue weighted by molar-refractivity contribution is 9.10. The Balaban J connectivity index is 2.81. The van der Waals surface area contributed by atoms with E-state index < -0.39 is 0 Å². The summed E-state index contributed by atoms with van der Waals surface area (Å²) in [5.74, 6) is 1.19. The highest BCUT2D eigenvalue weighted by Gasteiger charge is 2.02. The minimum atomic E-state index is 0.236. The largest absolute Gasteiger partial charge is 0.467 e. The number of halogens is 2. The summed E-state index contributed by atoms with van der Waals surface area (Å²) in [5, 5.41) is 0. The van der Waals surface area contributed by atoms with E-state index in [4.69, 9.17) is 21.1 Å². The number of benzene rings is 1. The molecule has 0 saturated carbocycles. The first-order valence-corrected chi connectivity index (χ1v) is 5.07. The van der Waals surface area contributed by atoms with Crippen LogP contribution in [-0.4, -0.2) is 13.9 Å². The number of hydrogen-bond donors (Lipinski definition) is 0. The molecule has 72 valence electrons. The van der Waals surface area contributed by atoms with Crippen LogP contribution in [0, 0.1) is 0 Å². The van der Waals surface area contributed by atoms with E-state index in [-0.39, 0.29) is 6.79 Å². The number of hydrogen-bond acceptors (Lipinski definition) is 2. The zero-order chi connectivity index (χ0) is 9.68. The van der Waals surface area contributed by atoms with Crippen LogP contribution in [0.1, 0.15) is 5.56 Å². The Bertz CT molecular complexity index is 278. The Morgan fingerprint density at radius 3 is 2.85 bits per heavy atom. The van der Waals surface area contributed by atoms with Crippen molar-refractivity contribution >= 4 is 27.5 Å². The second-order valence-electron chi connectivity index (χ2n) is 2.44. The number of rotatable bonds is 4. The molecule has 0 bridgehead atoms. The molecule has 2 nitrogen and oxygen atoms in total. The Hall–Kier alpha value is -0.250. The van der Waals surface area contributed by atoms with Crippen LogP contribution in [0.2, 0.25) is 0 Å². The van der Waals surface area contributed by atoms with Crippen LogP contribution in [0.4, 0.5) is 0 Å². The minimum absolute atomic E-state index is 0.236. The fourth-order valence-corrected chi connectivity index (χ4v) is 1.46. The van der Waals surface area contributed by atoms with Gasteiger partial charge in [0.05, 0.1) is 5.88 Å². The lowest BCUT2D eigenvalue weighted by Gasteiger charge is -2.08. The second-order valence-corrected chi connectivity index (χ2v) is 3.62. The zero-order valence-electron chi connectivity index (χ0n) is 7.22. The van der Waals surface area contributed by atoms with E-state index in [0.29, 0.717) is 5.88 Å². The summed E-state index contributed by atoms with van der Waals surface area (Å²) in [7, 11) is 1.58. The maximum Gasteiger partial charge on any atom is 0.188 e. The molecule has 1 aromatic carbocycles. The topological polar surface area (TPSA) is 18.5 Å². The van der Waals surface area contributed by atoms with E-state index in [1.165, 1.54) is 0 Å². The smallest absolute Gasteiger partial charge is 0.188 e. The predicted octanol–water partition coefficient (Wildman–Crippen LogP) is 3.17. The highest BCUT2D eigenvalue weighted by atomic mass is 79.9. The van der Waals surface area contributed by atoms with Crippen LogP contribution in [0.5, 0.6) is 5.75 Å². The van der Waals surface area contributed by atoms with E-state index in [1.807, 2.05) is 18.2 Å². The van der Waals surface area contributed by atoms with Gasteiger partial charge in [-0.1, -0.05) is 22.0 Å². The third-order valence-electron chi connectivity index (χ3n) is 1.51. The summed E-state index contributed by atoms with van der Waals surface area (Å²) in [6.07, 6.45) is 0. The quantitative estimate of drug-likeness (QED) is 0.615. The molecular formula is C9H10BrClO2. The molecule has 1 aromatic rings. The third kappa shape index (κ3) is 3.18. The molecule has 0 heterocycles. The van der Waals surface area contributed by atoms with Gasteiger partial charge in [-0.05, 0) is 12.1 Å². The lowest BCUT2D eigenvalue weighted by Crippen LogP contribution is -2.00. The maximum atomic E-state index is 5.73. The first-order valence-electron chi connectivity index (χ1n) is 3.74. The molecule has 0 aromatic heterocycles. The van der Waals surface area contributed by atoms with Crippen LogP contribution in [0.15, 0.2) is 22.7 Å². The average molecular weight is 266 g/mol. The standard InChI is InChI=1S/C9H10BrClO2/c1-12-6-13-9-4-8(10)3-2-7(9)5-11/h2-4H,5-6H2,1H3. The molecule has 0 unspecified atom stereocenters. The van der Waals surface area contributed by atoms with Crippen molar-refractivity contribution in [2.45, 2.75) is 5.88 Å². The number of ether oxygens (including phenoxy) is 2. The van der Waals surface area contributed by atoms with E-state index in [9.17, 15) is 0 Å². The summed E-state index contributed by atoms with van der Waals surface area (Å²) >= 11 is 9.08. The van der Waals surface area contributed by atoms with Gasteiger partial charge in [0.1, 0.15) is 5.75 Å². The summed E-state index contributed by atoms with van der Waals surface area (Å²) in [5.41, 5.74) is 0.960. The molecule has 0 aliphatic heterocycles. The van der Waals surface area contributed by atoms with Crippen LogP contribution >= 0.6 is 27.5 Å². The summed E-state index contributed by atoms with van der Waals surface area (Å²) in [4.78, 5) is 0. The molecule has 13 heavy (non-hydrogen) atoms. The summed E-state index contributed by atoms with van der Waals surface area (Å²) in [6.45, 7) is 0.236. The van der Waals surface area contributed by atoms with Crippen molar-refractivity contribution in [2.24, 2.45) is 0 Å². The van der Waals surface area contributed by atoms with Crippen LogP contribution < -0.4 is 4.74 Å². The Labute approximate surface area is 90.9 Å². The Kier molecular flexibility index (Phi) is 4.56. The van der Waals surface area contributed by atoms with E-state index in [2.05, 4.69) is 15.9 Å².